The smallest absolute Gasteiger partial charge is 0.226 e. The second-order valence-corrected chi connectivity index (χ2v) is 10.1. The van der Waals surface area contributed by atoms with Crippen molar-refractivity contribution in [1.29, 1.82) is 0 Å². The molecule has 0 aliphatic heterocycles. The van der Waals surface area contributed by atoms with Crippen LogP contribution in [-0.4, -0.2) is 41.4 Å². The van der Waals surface area contributed by atoms with Crippen molar-refractivity contribution in [3.63, 3.8) is 0 Å². The molecule has 0 radical (unpaired) electrons. The molecule has 1 unspecified atom stereocenters. The lowest BCUT2D eigenvalue weighted by Crippen LogP contribution is -2.29. The molecule has 1 aliphatic rings. The monoisotopic (exact) mass is 472 g/mol. The maximum absolute atomic E-state index is 10.2. The first-order valence-electron chi connectivity index (χ1n) is 11.6. The van der Waals surface area contributed by atoms with Gasteiger partial charge in [0.05, 0.1) is 11.9 Å². The van der Waals surface area contributed by atoms with Crippen molar-refractivity contribution in [2.45, 2.75) is 83.5 Å². The fraction of sp³-hybridized carbons (Fsp3) is 0.542. The molecular formula is C24H33ClN6O2. The van der Waals surface area contributed by atoms with E-state index in [0.29, 0.717) is 46.9 Å². The number of aromatic nitrogens is 4. The standard InChI is InChI=1S/C24H33ClN6O2/c1-15(12-24(2,3)33)28-23-29-21(26-13-16-11-17(25)9-10-19(16)32)20-22(30-23)31(14-27-20)18-7-5-4-6-8-18/h9-11,14-15,18,32-33H,4-8,12-13H2,1-3H3,(H2,26,28,29,30). The molecule has 3 aromatic rings. The number of fused-ring (bicyclic) bond motifs is 1. The number of phenolic OH excluding ortho intramolecular Hbond substituents is 1. The quantitative estimate of drug-likeness (QED) is 0.354. The molecule has 2 heterocycles. The predicted octanol–water partition coefficient (Wildman–Crippen LogP) is 5.26. The van der Waals surface area contributed by atoms with Crippen LogP contribution in [0.3, 0.4) is 0 Å². The molecule has 1 saturated carbocycles. The molecule has 1 atom stereocenters. The number of rotatable bonds is 8. The van der Waals surface area contributed by atoms with E-state index in [1.54, 1.807) is 32.0 Å². The summed E-state index contributed by atoms with van der Waals surface area (Å²) in [4.78, 5) is 14.1. The molecule has 0 amide bonds. The Morgan fingerprint density at radius 3 is 2.70 bits per heavy atom. The topological polar surface area (TPSA) is 108 Å². The van der Waals surface area contributed by atoms with E-state index in [9.17, 15) is 10.2 Å². The van der Waals surface area contributed by atoms with Crippen LogP contribution in [0.4, 0.5) is 11.8 Å². The Hall–Kier alpha value is -2.58. The molecule has 0 bridgehead atoms. The largest absolute Gasteiger partial charge is 0.508 e. The van der Waals surface area contributed by atoms with Gasteiger partial charge in [0.1, 0.15) is 5.75 Å². The van der Waals surface area contributed by atoms with Crippen LogP contribution in [0.1, 0.15) is 70.9 Å². The van der Waals surface area contributed by atoms with Gasteiger partial charge in [-0.1, -0.05) is 30.9 Å². The molecule has 1 fully saturated rings. The van der Waals surface area contributed by atoms with Gasteiger partial charge in [0.15, 0.2) is 17.0 Å². The lowest BCUT2D eigenvalue weighted by molar-refractivity contribution is 0.0672. The molecule has 4 N–H and O–H groups in total. The summed E-state index contributed by atoms with van der Waals surface area (Å²) >= 11 is 6.11. The van der Waals surface area contributed by atoms with Gasteiger partial charge in [-0.2, -0.15) is 9.97 Å². The predicted molar refractivity (Wildman–Crippen MR) is 132 cm³/mol. The van der Waals surface area contributed by atoms with E-state index < -0.39 is 5.60 Å². The summed E-state index contributed by atoms with van der Waals surface area (Å²) in [5.41, 5.74) is 1.35. The van der Waals surface area contributed by atoms with Gasteiger partial charge in [0, 0.05) is 29.2 Å². The van der Waals surface area contributed by atoms with Crippen molar-refractivity contribution in [2.75, 3.05) is 10.6 Å². The van der Waals surface area contributed by atoms with Gasteiger partial charge in [-0.05, 0) is 58.2 Å². The minimum atomic E-state index is -0.800. The number of phenols is 1. The summed E-state index contributed by atoms with van der Waals surface area (Å²) in [5, 5.41) is 27.6. The van der Waals surface area contributed by atoms with Crippen LogP contribution in [0.15, 0.2) is 24.5 Å². The molecule has 2 aromatic heterocycles. The average molecular weight is 473 g/mol. The number of hydrogen-bond acceptors (Lipinski definition) is 7. The summed E-state index contributed by atoms with van der Waals surface area (Å²) in [6.07, 6.45) is 8.34. The van der Waals surface area contributed by atoms with Crippen LogP contribution < -0.4 is 10.6 Å². The zero-order valence-electron chi connectivity index (χ0n) is 19.5. The molecule has 33 heavy (non-hydrogen) atoms. The first kappa shape index (κ1) is 23.6. The van der Waals surface area contributed by atoms with Crippen LogP contribution in [0.25, 0.3) is 11.2 Å². The summed E-state index contributed by atoms with van der Waals surface area (Å²) in [5.74, 6) is 1.24. The minimum Gasteiger partial charge on any atom is -0.508 e. The van der Waals surface area contributed by atoms with E-state index in [-0.39, 0.29) is 11.8 Å². The fourth-order valence-electron chi connectivity index (χ4n) is 4.63. The highest BCUT2D eigenvalue weighted by atomic mass is 35.5. The van der Waals surface area contributed by atoms with E-state index in [2.05, 4.69) is 20.2 Å². The highest BCUT2D eigenvalue weighted by Gasteiger charge is 2.22. The lowest BCUT2D eigenvalue weighted by atomic mass is 9.95. The van der Waals surface area contributed by atoms with Crippen LogP contribution in [0.2, 0.25) is 5.02 Å². The van der Waals surface area contributed by atoms with Gasteiger partial charge in [0.2, 0.25) is 5.95 Å². The average Bonchev–Trinajstić information content (AvgIpc) is 3.17. The number of nitrogens with zero attached hydrogens (tertiary/aromatic N) is 4. The second kappa shape index (κ2) is 9.73. The van der Waals surface area contributed by atoms with Gasteiger partial charge in [-0.25, -0.2) is 4.98 Å². The number of anilines is 2. The molecular weight excluding hydrogens is 440 g/mol. The summed E-state index contributed by atoms with van der Waals surface area (Å²) in [6.45, 7) is 5.92. The van der Waals surface area contributed by atoms with Gasteiger partial charge in [-0.3, -0.25) is 0 Å². The first-order valence-corrected chi connectivity index (χ1v) is 12.0. The first-order chi connectivity index (χ1) is 15.7. The minimum absolute atomic E-state index is 0.0293. The number of aromatic hydroxyl groups is 1. The fourth-order valence-corrected chi connectivity index (χ4v) is 4.82. The Balaban J connectivity index is 1.67. The zero-order valence-corrected chi connectivity index (χ0v) is 20.2. The summed E-state index contributed by atoms with van der Waals surface area (Å²) in [7, 11) is 0. The number of nitrogens with one attached hydrogen (secondary N) is 2. The van der Waals surface area contributed by atoms with E-state index in [1.807, 2.05) is 13.3 Å². The van der Waals surface area contributed by atoms with Crippen LogP contribution in [-0.2, 0) is 6.54 Å². The summed E-state index contributed by atoms with van der Waals surface area (Å²) in [6, 6.07) is 5.32. The second-order valence-electron chi connectivity index (χ2n) is 9.70. The maximum Gasteiger partial charge on any atom is 0.226 e. The van der Waals surface area contributed by atoms with Crippen molar-refractivity contribution in [2.24, 2.45) is 0 Å². The maximum atomic E-state index is 10.2. The van der Waals surface area contributed by atoms with E-state index >= 15 is 0 Å². The Kier molecular flexibility index (Phi) is 6.95. The third-order valence-corrected chi connectivity index (χ3v) is 6.29. The van der Waals surface area contributed by atoms with E-state index in [1.165, 1.54) is 19.3 Å². The highest BCUT2D eigenvalue weighted by molar-refractivity contribution is 6.30. The number of imidazole rings is 1. The Labute approximate surface area is 199 Å². The van der Waals surface area contributed by atoms with Crippen molar-refractivity contribution in [3.05, 3.63) is 35.1 Å². The lowest BCUT2D eigenvalue weighted by Gasteiger charge is -2.24. The molecule has 9 heteroatoms. The third-order valence-electron chi connectivity index (χ3n) is 6.06. The van der Waals surface area contributed by atoms with E-state index in [4.69, 9.17) is 21.6 Å². The normalized spacial score (nSPS) is 16.2. The van der Waals surface area contributed by atoms with Crippen LogP contribution >= 0.6 is 11.6 Å². The molecule has 4 rings (SSSR count). The Morgan fingerprint density at radius 1 is 1.21 bits per heavy atom. The molecule has 1 aliphatic carbocycles. The molecule has 8 nitrogen and oxygen atoms in total. The van der Waals surface area contributed by atoms with Crippen molar-refractivity contribution in [1.82, 2.24) is 19.5 Å². The number of benzene rings is 1. The third kappa shape index (κ3) is 5.86. The Morgan fingerprint density at radius 2 is 1.97 bits per heavy atom. The Bertz CT molecular complexity index is 1100. The number of aliphatic hydroxyl groups is 1. The zero-order chi connectivity index (χ0) is 23.6. The van der Waals surface area contributed by atoms with Crippen molar-refractivity contribution >= 4 is 34.5 Å². The van der Waals surface area contributed by atoms with Gasteiger partial charge in [-0.15, -0.1) is 0 Å². The van der Waals surface area contributed by atoms with Crippen molar-refractivity contribution in [3.8, 4) is 5.75 Å². The van der Waals surface area contributed by atoms with Crippen molar-refractivity contribution < 1.29 is 10.2 Å². The number of halogens is 1. The summed E-state index contributed by atoms with van der Waals surface area (Å²) < 4.78 is 2.17. The van der Waals surface area contributed by atoms with Crippen LogP contribution in [0.5, 0.6) is 5.75 Å². The number of hydrogen-bond donors (Lipinski definition) is 4. The van der Waals surface area contributed by atoms with Gasteiger partial charge >= 0.3 is 0 Å². The highest BCUT2D eigenvalue weighted by Crippen LogP contribution is 2.32. The van der Waals surface area contributed by atoms with Gasteiger partial charge < -0.3 is 25.4 Å². The molecule has 1 aromatic carbocycles. The molecule has 0 spiro atoms. The van der Waals surface area contributed by atoms with Crippen LogP contribution in [0, 0.1) is 0 Å². The molecule has 0 saturated heterocycles. The molecule has 178 valence electrons. The SMILES string of the molecule is CC(CC(C)(C)O)Nc1nc(NCc2cc(Cl)ccc2O)c2ncn(C3CCCCC3)c2n1. The van der Waals surface area contributed by atoms with E-state index in [0.717, 1.165) is 18.5 Å². The van der Waals surface area contributed by atoms with Gasteiger partial charge in [0.25, 0.3) is 0 Å².